The number of alkyl halides is 2. The topological polar surface area (TPSA) is 59.8 Å². The van der Waals surface area contributed by atoms with Crippen molar-refractivity contribution in [2.24, 2.45) is 0 Å². The lowest BCUT2D eigenvalue weighted by atomic mass is 9.92. The van der Waals surface area contributed by atoms with Gasteiger partial charge in [0.25, 0.3) is 6.43 Å². The van der Waals surface area contributed by atoms with E-state index in [9.17, 15) is 13.6 Å². The zero-order valence-corrected chi connectivity index (χ0v) is 25.2. The molecule has 0 spiro atoms. The van der Waals surface area contributed by atoms with Crippen molar-refractivity contribution in [1.82, 2.24) is 14.7 Å². The van der Waals surface area contributed by atoms with Gasteiger partial charge in [-0.05, 0) is 81.9 Å². The van der Waals surface area contributed by atoms with Crippen molar-refractivity contribution in [2.45, 2.75) is 96.1 Å². The molecule has 10 heteroatoms. The molecule has 2 aromatic rings. The Bertz CT molecular complexity index is 1350. The molecule has 1 saturated heterocycles. The molecule has 4 aliphatic heterocycles. The smallest absolute Gasteiger partial charge is 0.410 e. The van der Waals surface area contributed by atoms with Crippen LogP contribution in [0.15, 0.2) is 23.1 Å². The summed E-state index contributed by atoms with van der Waals surface area (Å²) in [6.45, 7) is 10.7. The van der Waals surface area contributed by atoms with Crippen molar-refractivity contribution >= 4 is 29.4 Å². The van der Waals surface area contributed by atoms with Crippen molar-refractivity contribution in [3.05, 3.63) is 51.1 Å². The zero-order valence-electron chi connectivity index (χ0n) is 24.4. The highest BCUT2D eigenvalue weighted by atomic mass is 32.2. The van der Waals surface area contributed by atoms with Crippen LogP contribution >= 0.6 is 11.8 Å². The minimum absolute atomic E-state index is 0.0301. The third kappa shape index (κ3) is 5.74. The van der Waals surface area contributed by atoms with Crippen LogP contribution < -0.4 is 4.90 Å². The van der Waals surface area contributed by atoms with Crippen LogP contribution in [0.5, 0.6) is 0 Å². The minimum Gasteiger partial charge on any atom is -0.444 e. The monoisotopic (exact) mass is 586 g/mol. The Labute approximate surface area is 245 Å². The molecule has 0 aliphatic carbocycles. The number of carbonyl (C=O) groups is 1. The fraction of sp³-hybridized carbons (Fsp3) is 0.613. The van der Waals surface area contributed by atoms with Crippen molar-refractivity contribution in [3.8, 4) is 0 Å². The van der Waals surface area contributed by atoms with E-state index in [4.69, 9.17) is 14.6 Å². The van der Waals surface area contributed by atoms with E-state index in [1.807, 2.05) is 33.8 Å². The maximum atomic E-state index is 14.5. The van der Waals surface area contributed by atoms with Crippen LogP contribution in [0.4, 0.5) is 25.1 Å². The Kier molecular flexibility index (Phi) is 7.82. The molecule has 0 N–H and O–H groups in total. The number of fused-ring (bicyclic) bond motifs is 2. The SMILES string of the molecule is CC1=CCC(c2cc3c(cc2C(F)F)N(c2nn(C4CCOCC4)c4c2CN(C(=O)OC(C)(C)C)CC4)CCC3)S1. The lowest BCUT2D eigenvalue weighted by molar-refractivity contribution is 0.0220. The average Bonchev–Trinajstić information content (AvgIpc) is 3.55. The number of ether oxygens (including phenoxy) is 2. The molecule has 1 fully saturated rings. The van der Waals surface area contributed by atoms with Gasteiger partial charge in [-0.3, -0.25) is 4.68 Å². The summed E-state index contributed by atoms with van der Waals surface area (Å²) >= 11 is 1.68. The number of allylic oxidation sites excluding steroid dienone is 2. The number of anilines is 2. The number of hydrogen-bond acceptors (Lipinski definition) is 6. The molecule has 0 saturated carbocycles. The normalized spacial score (nSPS) is 21.6. The first kappa shape index (κ1) is 28.5. The van der Waals surface area contributed by atoms with Gasteiger partial charge in [-0.1, -0.05) is 12.1 Å². The van der Waals surface area contributed by atoms with Crippen LogP contribution in [0, 0.1) is 0 Å². The fourth-order valence-electron chi connectivity index (χ4n) is 6.50. The van der Waals surface area contributed by atoms with E-state index in [1.165, 1.54) is 4.91 Å². The summed E-state index contributed by atoms with van der Waals surface area (Å²) in [5.74, 6) is 0.779. The largest absolute Gasteiger partial charge is 0.444 e. The van der Waals surface area contributed by atoms with E-state index >= 15 is 0 Å². The zero-order chi connectivity index (χ0) is 28.9. The number of thioether (sulfide) groups is 1. The summed E-state index contributed by atoms with van der Waals surface area (Å²) in [5.41, 5.74) is 4.32. The summed E-state index contributed by atoms with van der Waals surface area (Å²) in [6, 6.07) is 3.97. The molecule has 41 heavy (non-hydrogen) atoms. The molecule has 6 rings (SSSR count). The number of hydrogen-bond donors (Lipinski definition) is 0. The molecule has 0 radical (unpaired) electrons. The van der Waals surface area contributed by atoms with E-state index in [1.54, 1.807) is 22.7 Å². The number of nitrogens with zero attached hydrogens (tertiary/aromatic N) is 4. The summed E-state index contributed by atoms with van der Waals surface area (Å²) in [5, 5.41) is 5.23. The highest BCUT2D eigenvalue weighted by Gasteiger charge is 2.36. The van der Waals surface area contributed by atoms with Crippen molar-refractivity contribution in [2.75, 3.05) is 31.2 Å². The van der Waals surface area contributed by atoms with Gasteiger partial charge in [-0.25, -0.2) is 13.6 Å². The number of benzene rings is 1. The quantitative estimate of drug-likeness (QED) is 0.367. The van der Waals surface area contributed by atoms with E-state index in [2.05, 4.69) is 15.7 Å². The predicted octanol–water partition coefficient (Wildman–Crippen LogP) is 7.63. The summed E-state index contributed by atoms with van der Waals surface area (Å²) in [4.78, 5) is 18.2. The van der Waals surface area contributed by atoms with E-state index < -0.39 is 12.0 Å². The van der Waals surface area contributed by atoms with Crippen molar-refractivity contribution in [1.29, 1.82) is 0 Å². The molecule has 1 atom stereocenters. The third-order valence-corrected chi connectivity index (χ3v) is 9.71. The minimum atomic E-state index is -2.56. The second-order valence-corrected chi connectivity index (χ2v) is 14.0. The Hall–Kier alpha value is -2.59. The molecular formula is C31H40F2N4O3S. The Balaban J connectivity index is 1.41. The summed E-state index contributed by atoms with van der Waals surface area (Å²) in [6.07, 6.45) is 4.21. The van der Waals surface area contributed by atoms with Gasteiger partial charge in [0.15, 0.2) is 5.82 Å². The standard InChI is InChI=1S/C31H40F2N4O3S/c1-19-7-8-27(41-19)22-16-20-6-5-12-36(26(20)17-23(22)28(32)33)29-24-18-35(30(38)40-31(2,3)4)13-9-25(24)37(34-29)21-10-14-39-15-11-21/h7,16-17,21,27-28H,5-6,8-15,18H2,1-4H3. The first-order valence-electron chi connectivity index (χ1n) is 14.8. The highest BCUT2D eigenvalue weighted by Crippen LogP contribution is 2.49. The lowest BCUT2D eigenvalue weighted by Gasteiger charge is -2.34. The number of amides is 1. The van der Waals surface area contributed by atoms with Crippen LogP contribution in [0.25, 0.3) is 0 Å². The van der Waals surface area contributed by atoms with Crippen LogP contribution in [0.3, 0.4) is 0 Å². The van der Waals surface area contributed by atoms with Gasteiger partial charge in [0.1, 0.15) is 5.60 Å². The molecule has 7 nitrogen and oxygen atoms in total. The molecule has 222 valence electrons. The predicted molar refractivity (Wildman–Crippen MR) is 157 cm³/mol. The van der Waals surface area contributed by atoms with Gasteiger partial charge in [0.05, 0.1) is 12.6 Å². The molecule has 1 aromatic heterocycles. The van der Waals surface area contributed by atoms with E-state index in [0.29, 0.717) is 39.3 Å². The lowest BCUT2D eigenvalue weighted by Crippen LogP contribution is -2.40. The number of aromatic nitrogens is 2. The first-order valence-corrected chi connectivity index (χ1v) is 15.7. The molecule has 4 aliphatic rings. The van der Waals surface area contributed by atoms with Gasteiger partial charge in [0, 0.05) is 60.5 Å². The second kappa shape index (κ2) is 11.2. The van der Waals surface area contributed by atoms with Gasteiger partial charge >= 0.3 is 6.09 Å². The second-order valence-electron chi connectivity index (χ2n) is 12.5. The summed E-state index contributed by atoms with van der Waals surface area (Å²) < 4.78 is 42.6. The highest BCUT2D eigenvalue weighted by molar-refractivity contribution is 8.03. The third-order valence-electron chi connectivity index (χ3n) is 8.44. The molecular weight excluding hydrogens is 546 g/mol. The summed E-state index contributed by atoms with van der Waals surface area (Å²) in [7, 11) is 0. The maximum absolute atomic E-state index is 14.5. The van der Waals surface area contributed by atoms with Crippen molar-refractivity contribution < 1.29 is 23.0 Å². The van der Waals surface area contributed by atoms with Crippen LogP contribution in [0.2, 0.25) is 0 Å². The molecule has 5 heterocycles. The Morgan fingerprint density at radius 3 is 2.63 bits per heavy atom. The molecule has 1 aromatic carbocycles. The van der Waals surface area contributed by atoms with Crippen molar-refractivity contribution in [3.63, 3.8) is 0 Å². The fourth-order valence-corrected chi connectivity index (χ4v) is 7.66. The van der Waals surface area contributed by atoms with Gasteiger partial charge in [-0.2, -0.15) is 5.10 Å². The van der Waals surface area contributed by atoms with Crippen LogP contribution in [0.1, 0.15) is 99.0 Å². The Morgan fingerprint density at radius 2 is 1.95 bits per heavy atom. The Morgan fingerprint density at radius 1 is 1.17 bits per heavy atom. The van der Waals surface area contributed by atoms with Crippen LogP contribution in [-0.2, 0) is 28.9 Å². The van der Waals surface area contributed by atoms with Gasteiger partial charge in [-0.15, -0.1) is 11.8 Å². The number of aryl methyl sites for hydroxylation is 1. The van der Waals surface area contributed by atoms with Gasteiger partial charge < -0.3 is 19.3 Å². The molecule has 1 amide bonds. The maximum Gasteiger partial charge on any atom is 0.410 e. The molecule has 0 bridgehead atoms. The van der Waals surface area contributed by atoms with Gasteiger partial charge in [0.2, 0.25) is 0 Å². The average molecular weight is 587 g/mol. The first-order chi connectivity index (χ1) is 19.6. The van der Waals surface area contributed by atoms with Crippen LogP contribution in [-0.4, -0.2) is 52.7 Å². The van der Waals surface area contributed by atoms with E-state index in [0.717, 1.165) is 66.0 Å². The molecule has 1 unspecified atom stereocenters. The van der Waals surface area contributed by atoms with E-state index in [-0.39, 0.29) is 22.9 Å². The number of carbonyl (C=O) groups excluding carboxylic acids is 1. The number of halogens is 2. The number of rotatable bonds is 4.